The van der Waals surface area contributed by atoms with Crippen LogP contribution in [0.1, 0.15) is 21.9 Å². The first-order valence-electron chi connectivity index (χ1n) is 23.6. The predicted octanol–water partition coefficient (Wildman–Crippen LogP) is 12.2. The van der Waals surface area contributed by atoms with Gasteiger partial charge in [-0.2, -0.15) is 9.97 Å². The van der Waals surface area contributed by atoms with Crippen LogP contribution in [0, 0.1) is 0 Å². The molecular formula is C45H26N4OS. The lowest BCUT2D eigenvalue weighted by Crippen LogP contribution is -2.06. The monoisotopic (exact) mass is 686 g/mol. The number of fused-ring (bicyclic) bond motifs is 10. The van der Waals surface area contributed by atoms with E-state index in [1.807, 2.05) is 60.7 Å². The van der Waals surface area contributed by atoms with Gasteiger partial charge in [-0.1, -0.05) is 121 Å². The number of furan rings is 1. The Balaban J connectivity index is 1.26. The van der Waals surface area contributed by atoms with E-state index >= 15 is 0 Å². The van der Waals surface area contributed by atoms with Crippen molar-refractivity contribution >= 4 is 75.3 Å². The third kappa shape index (κ3) is 4.30. The Morgan fingerprint density at radius 3 is 2.12 bits per heavy atom. The van der Waals surface area contributed by atoms with Crippen LogP contribution in [0.25, 0.3) is 104 Å². The minimum atomic E-state index is -0.745. The first-order chi connectivity index (χ1) is 31.9. The van der Waals surface area contributed by atoms with Gasteiger partial charge >= 0.3 is 0 Å². The smallest absolute Gasteiger partial charge is 0.238 e. The van der Waals surface area contributed by atoms with Crippen LogP contribution in [-0.2, 0) is 0 Å². The number of para-hydroxylation sites is 1. The maximum Gasteiger partial charge on any atom is 0.238 e. The van der Waals surface area contributed by atoms with Gasteiger partial charge in [-0.05, 0) is 47.5 Å². The maximum atomic E-state index is 9.61. The molecule has 4 heterocycles. The zero-order chi connectivity index (χ0) is 47.4. The van der Waals surface area contributed by atoms with Gasteiger partial charge in [-0.25, -0.2) is 4.98 Å². The van der Waals surface area contributed by atoms with Gasteiger partial charge in [0.25, 0.3) is 0 Å². The lowest BCUT2D eigenvalue weighted by molar-refractivity contribution is 0.669. The predicted molar refractivity (Wildman–Crippen MR) is 211 cm³/mol. The van der Waals surface area contributed by atoms with Gasteiger partial charge in [0, 0.05) is 52.8 Å². The first-order valence-corrected chi connectivity index (χ1v) is 16.5. The molecule has 238 valence electrons. The fourth-order valence-corrected chi connectivity index (χ4v) is 7.88. The van der Waals surface area contributed by atoms with E-state index in [1.165, 1.54) is 0 Å². The molecule has 0 aliphatic rings. The molecule has 0 saturated heterocycles. The molecular weight excluding hydrogens is 645 g/mol. The minimum absolute atomic E-state index is 0.136. The molecule has 5 nitrogen and oxygen atoms in total. The Hall–Kier alpha value is -6.63. The molecule has 0 bridgehead atoms. The molecule has 11 aromatic rings. The molecule has 0 saturated carbocycles. The van der Waals surface area contributed by atoms with Crippen molar-refractivity contribution in [1.29, 1.82) is 0 Å². The number of aromatic nitrogens is 4. The van der Waals surface area contributed by atoms with Crippen LogP contribution in [0.3, 0.4) is 0 Å². The molecule has 0 fully saturated rings. The number of benzene rings is 7. The normalized spacial score (nSPS) is 16.3. The second-order valence-electron chi connectivity index (χ2n) is 11.6. The van der Waals surface area contributed by atoms with Gasteiger partial charge in [0.05, 0.1) is 33.0 Å². The molecule has 0 aliphatic carbocycles. The van der Waals surface area contributed by atoms with E-state index < -0.39 is 142 Å². The van der Waals surface area contributed by atoms with Crippen LogP contribution in [0.15, 0.2) is 162 Å². The number of rotatable bonds is 4. The van der Waals surface area contributed by atoms with Crippen molar-refractivity contribution in [2.75, 3.05) is 0 Å². The molecule has 0 unspecified atom stereocenters. The molecule has 0 radical (unpaired) electrons. The van der Waals surface area contributed by atoms with Crippen molar-refractivity contribution in [1.82, 2.24) is 19.5 Å². The molecule has 4 aromatic heterocycles. The van der Waals surface area contributed by atoms with E-state index in [4.69, 9.17) is 32.2 Å². The van der Waals surface area contributed by atoms with Crippen LogP contribution in [0.2, 0.25) is 0 Å². The average molecular weight is 687 g/mol. The Morgan fingerprint density at radius 2 is 1.27 bits per heavy atom. The second-order valence-corrected chi connectivity index (χ2v) is 12.6. The van der Waals surface area contributed by atoms with Gasteiger partial charge in [0.15, 0.2) is 11.6 Å². The summed E-state index contributed by atoms with van der Waals surface area (Å²) in [5, 5.41) is 3.10. The summed E-state index contributed by atoms with van der Waals surface area (Å²) in [7, 11) is 0. The van der Waals surface area contributed by atoms with E-state index in [-0.39, 0.29) is 16.7 Å². The summed E-state index contributed by atoms with van der Waals surface area (Å²) in [6.45, 7) is 0. The fourth-order valence-electron chi connectivity index (χ4n) is 6.62. The highest BCUT2D eigenvalue weighted by Crippen LogP contribution is 2.43. The fraction of sp³-hybridized carbons (Fsp3) is 0. The summed E-state index contributed by atoms with van der Waals surface area (Å²) >= 11 is 1.60. The van der Waals surface area contributed by atoms with Gasteiger partial charge in [0.1, 0.15) is 11.2 Å². The summed E-state index contributed by atoms with van der Waals surface area (Å²) < 4.78 is 150. The molecule has 7 aromatic carbocycles. The van der Waals surface area contributed by atoms with Crippen LogP contribution >= 0.6 is 11.3 Å². The Labute approximate surface area is 318 Å². The zero-order valence-corrected chi connectivity index (χ0v) is 26.7. The Morgan fingerprint density at radius 1 is 0.529 bits per heavy atom. The number of hydrogen-bond donors (Lipinski definition) is 0. The summed E-state index contributed by atoms with van der Waals surface area (Å²) in [4.78, 5) is 14.1. The standard InChI is InChI=1S/C45H26N4OS/c1-3-12-27(13-4-1)30-18-11-20-37-40(30)34-23-22-29(26-38(34)50-37)44-46-43(28-14-5-2-6-15-28)47-45(48-44)49-35-19-9-7-17-33(35)41-36(49)25-24-32-31-16-8-10-21-39(31)51-42(32)41/h1-26H/i1D,2D,3D,4D,5D,6D,11D,12D,13D,14D,15D,18D,20D,22D,23D,26D. The maximum absolute atomic E-state index is 9.61. The molecule has 0 spiro atoms. The average Bonchev–Trinajstić information content (AvgIpc) is 4.02. The summed E-state index contributed by atoms with van der Waals surface area (Å²) in [5.41, 5.74) is -1.46. The van der Waals surface area contributed by atoms with Crippen LogP contribution < -0.4 is 0 Å². The molecule has 0 aliphatic heterocycles. The Kier molecular flexibility index (Phi) is 3.61. The minimum Gasteiger partial charge on any atom is -0.456 e. The van der Waals surface area contributed by atoms with E-state index in [0.717, 1.165) is 30.9 Å². The first kappa shape index (κ1) is 16.9. The van der Waals surface area contributed by atoms with Crippen LogP contribution in [0.4, 0.5) is 0 Å². The molecule has 51 heavy (non-hydrogen) atoms. The molecule has 0 amide bonds. The molecule has 0 atom stereocenters. The lowest BCUT2D eigenvalue weighted by Gasteiger charge is -2.11. The summed E-state index contributed by atoms with van der Waals surface area (Å²) in [6, 6.07) is 8.25. The molecule has 6 heteroatoms. The number of thiophene rings is 1. The third-order valence-corrected chi connectivity index (χ3v) is 9.98. The summed E-state index contributed by atoms with van der Waals surface area (Å²) in [6.07, 6.45) is 0. The highest BCUT2D eigenvalue weighted by Gasteiger charge is 2.21. The number of nitrogens with zero attached hydrogens (tertiary/aromatic N) is 4. The van der Waals surface area contributed by atoms with E-state index in [9.17, 15) is 4.11 Å². The van der Waals surface area contributed by atoms with Crippen molar-refractivity contribution in [2.45, 2.75) is 0 Å². The molecule has 0 N–H and O–H groups in total. The second kappa shape index (κ2) is 10.9. The third-order valence-electron chi connectivity index (χ3n) is 8.77. The zero-order valence-electron chi connectivity index (χ0n) is 41.9. The quantitative estimate of drug-likeness (QED) is 0.185. The van der Waals surface area contributed by atoms with Gasteiger partial charge in [-0.3, -0.25) is 4.57 Å². The number of hydrogen-bond acceptors (Lipinski definition) is 5. The molecule has 11 rings (SSSR count). The van der Waals surface area contributed by atoms with E-state index in [1.54, 1.807) is 15.9 Å². The van der Waals surface area contributed by atoms with Gasteiger partial charge < -0.3 is 4.42 Å². The van der Waals surface area contributed by atoms with Crippen molar-refractivity contribution in [3.05, 3.63) is 157 Å². The van der Waals surface area contributed by atoms with E-state index in [2.05, 4.69) is 4.98 Å². The summed E-state index contributed by atoms with van der Waals surface area (Å²) in [5.74, 6) is -0.996. The lowest BCUT2D eigenvalue weighted by atomic mass is 9.99. The van der Waals surface area contributed by atoms with Crippen molar-refractivity contribution in [3.8, 4) is 39.9 Å². The highest BCUT2D eigenvalue weighted by atomic mass is 32.1. The topological polar surface area (TPSA) is 56.7 Å². The SMILES string of the molecule is [2H]c1c([2H])c([2H])c(-c2nc(-c3c([2H])c([2H])c4c(oc5c([2H])c([2H])c([2H])c(-c6c([2H])c([2H])c([2H])c([2H])c6[2H])c54)c3[2H])nc(-n3c4ccccc4c4c5sc6ccccc6c5ccc43)n2)c([2H])c1[2H]. The van der Waals surface area contributed by atoms with Crippen molar-refractivity contribution in [3.63, 3.8) is 0 Å². The largest absolute Gasteiger partial charge is 0.456 e. The van der Waals surface area contributed by atoms with Gasteiger partial charge in [-0.15, -0.1) is 11.3 Å². The van der Waals surface area contributed by atoms with Crippen molar-refractivity contribution in [2.24, 2.45) is 0 Å². The van der Waals surface area contributed by atoms with Gasteiger partial charge in [0.2, 0.25) is 5.95 Å². The van der Waals surface area contributed by atoms with Crippen LogP contribution in [-0.4, -0.2) is 19.5 Å². The highest BCUT2D eigenvalue weighted by molar-refractivity contribution is 7.26. The van der Waals surface area contributed by atoms with E-state index in [0.29, 0.717) is 11.0 Å². The van der Waals surface area contributed by atoms with Crippen molar-refractivity contribution < 1.29 is 26.3 Å². The van der Waals surface area contributed by atoms with Crippen LogP contribution in [0.5, 0.6) is 0 Å². The Bertz CT molecular complexity index is 4030.